The number of ether oxygens (including phenoxy) is 1. The van der Waals surface area contributed by atoms with Crippen molar-refractivity contribution < 1.29 is 14.6 Å². The molecular weight excluding hydrogens is 230 g/mol. The average molecular weight is 247 g/mol. The maximum Gasteiger partial charge on any atom is 0.308 e. The smallest absolute Gasteiger partial charge is 0.308 e. The van der Waals surface area contributed by atoms with Crippen LogP contribution in [0, 0.1) is 5.92 Å². The van der Waals surface area contributed by atoms with Gasteiger partial charge < -0.3 is 9.84 Å². The van der Waals surface area contributed by atoms with E-state index in [0.717, 1.165) is 31.7 Å². The fourth-order valence-corrected chi connectivity index (χ4v) is 2.68. The van der Waals surface area contributed by atoms with Crippen LogP contribution in [0.4, 0.5) is 0 Å². The van der Waals surface area contributed by atoms with Crippen LogP contribution in [0.3, 0.4) is 0 Å². The summed E-state index contributed by atoms with van der Waals surface area (Å²) >= 11 is 0. The Bertz CT molecular complexity index is 486. The number of aliphatic carboxylic acids is 1. The molecule has 3 rings (SSSR count). The summed E-state index contributed by atoms with van der Waals surface area (Å²) in [5, 5.41) is 8.92. The number of carboxylic acids is 1. The highest BCUT2D eigenvalue weighted by Crippen LogP contribution is 2.36. The lowest BCUT2D eigenvalue weighted by molar-refractivity contribution is -0.138. The second-order valence-corrected chi connectivity index (χ2v) is 5.20. The van der Waals surface area contributed by atoms with Gasteiger partial charge in [-0.1, -0.05) is 12.1 Å². The first-order valence-electron chi connectivity index (χ1n) is 6.33. The second-order valence-electron chi connectivity index (χ2n) is 5.20. The summed E-state index contributed by atoms with van der Waals surface area (Å²) in [5.74, 6) is 0.151. The summed E-state index contributed by atoms with van der Waals surface area (Å²) in [4.78, 5) is 13.0. The molecule has 0 bridgehead atoms. The summed E-state index contributed by atoms with van der Waals surface area (Å²) in [6.45, 7) is 1.58. The number of nitrogens with zero attached hydrogens (tertiary/aromatic N) is 1. The normalized spacial score (nSPS) is 24.8. The highest BCUT2D eigenvalue weighted by molar-refractivity contribution is 5.74. The Morgan fingerprint density at radius 3 is 3.11 bits per heavy atom. The van der Waals surface area contributed by atoms with Gasteiger partial charge >= 0.3 is 5.97 Å². The van der Waals surface area contributed by atoms with Crippen molar-refractivity contribution in [3.8, 4) is 5.75 Å². The Hall–Kier alpha value is -1.55. The minimum absolute atomic E-state index is 0.173. The maximum absolute atomic E-state index is 10.8. The molecule has 18 heavy (non-hydrogen) atoms. The molecule has 4 nitrogen and oxygen atoms in total. The molecule has 1 aromatic rings. The molecule has 0 radical (unpaired) electrons. The van der Waals surface area contributed by atoms with Gasteiger partial charge in [0, 0.05) is 19.0 Å². The van der Waals surface area contributed by atoms with Gasteiger partial charge in [-0.05, 0) is 30.7 Å². The molecule has 0 aromatic heterocycles. The standard InChI is InChI=1S/C14H17NO3/c1-15(12-7-11(12)14(16)17)8-9-2-3-13-10(6-9)4-5-18-13/h2-3,6,11-12H,4-5,7-8H2,1H3,(H,16,17). The molecule has 2 unspecified atom stereocenters. The van der Waals surface area contributed by atoms with Crippen molar-refractivity contribution in [2.75, 3.05) is 13.7 Å². The van der Waals surface area contributed by atoms with Crippen molar-refractivity contribution in [1.82, 2.24) is 4.90 Å². The average Bonchev–Trinajstić information content (AvgIpc) is 3.02. The molecular formula is C14H17NO3. The Morgan fingerprint density at radius 2 is 2.39 bits per heavy atom. The van der Waals surface area contributed by atoms with E-state index in [0.29, 0.717) is 0 Å². The molecule has 0 amide bonds. The van der Waals surface area contributed by atoms with Gasteiger partial charge in [0.1, 0.15) is 5.75 Å². The third kappa shape index (κ3) is 2.08. The number of carboxylic acid groups (broad SMARTS) is 1. The Kier molecular flexibility index (Phi) is 2.74. The van der Waals surface area contributed by atoms with Gasteiger partial charge in [-0.15, -0.1) is 0 Å². The van der Waals surface area contributed by atoms with Crippen LogP contribution in [-0.4, -0.2) is 35.7 Å². The van der Waals surface area contributed by atoms with E-state index in [2.05, 4.69) is 17.0 Å². The summed E-state index contributed by atoms with van der Waals surface area (Å²) in [6.07, 6.45) is 1.76. The number of fused-ring (bicyclic) bond motifs is 1. The van der Waals surface area contributed by atoms with E-state index in [9.17, 15) is 4.79 Å². The third-order valence-corrected chi connectivity index (χ3v) is 3.83. The van der Waals surface area contributed by atoms with Crippen LogP contribution in [-0.2, 0) is 17.8 Å². The summed E-state index contributed by atoms with van der Waals surface area (Å²) in [7, 11) is 2.00. The molecule has 0 saturated heterocycles. The van der Waals surface area contributed by atoms with E-state index in [4.69, 9.17) is 9.84 Å². The lowest BCUT2D eigenvalue weighted by Gasteiger charge is -2.16. The van der Waals surface area contributed by atoms with Crippen LogP contribution in [0.2, 0.25) is 0 Å². The molecule has 1 N–H and O–H groups in total. The monoisotopic (exact) mass is 247 g/mol. The molecule has 1 aromatic carbocycles. The summed E-state index contributed by atoms with van der Waals surface area (Å²) in [5.41, 5.74) is 2.50. The Morgan fingerprint density at radius 1 is 1.56 bits per heavy atom. The van der Waals surface area contributed by atoms with Crippen molar-refractivity contribution in [2.24, 2.45) is 5.92 Å². The highest BCUT2D eigenvalue weighted by Gasteiger charge is 2.45. The molecule has 2 atom stereocenters. The minimum atomic E-state index is -0.672. The molecule has 1 aliphatic carbocycles. The SMILES string of the molecule is CN(Cc1ccc2c(c1)CCO2)C1CC1C(=O)O. The molecule has 1 heterocycles. The zero-order valence-corrected chi connectivity index (χ0v) is 10.4. The van der Waals surface area contributed by atoms with E-state index in [1.54, 1.807) is 0 Å². The van der Waals surface area contributed by atoms with E-state index in [1.807, 2.05) is 13.1 Å². The quantitative estimate of drug-likeness (QED) is 0.876. The van der Waals surface area contributed by atoms with Crippen LogP contribution in [0.5, 0.6) is 5.75 Å². The number of carbonyl (C=O) groups is 1. The molecule has 1 aliphatic heterocycles. The van der Waals surface area contributed by atoms with Gasteiger partial charge in [-0.25, -0.2) is 0 Å². The first-order valence-corrected chi connectivity index (χ1v) is 6.33. The number of rotatable bonds is 4. The van der Waals surface area contributed by atoms with Crippen LogP contribution in [0.25, 0.3) is 0 Å². The second kappa shape index (κ2) is 4.28. The van der Waals surface area contributed by atoms with Gasteiger partial charge in [0.15, 0.2) is 0 Å². The van der Waals surface area contributed by atoms with E-state index in [1.165, 1.54) is 11.1 Å². The van der Waals surface area contributed by atoms with Crippen molar-refractivity contribution in [2.45, 2.75) is 25.4 Å². The molecule has 0 spiro atoms. The minimum Gasteiger partial charge on any atom is -0.493 e. The van der Waals surface area contributed by atoms with Crippen LogP contribution < -0.4 is 4.74 Å². The fourth-order valence-electron chi connectivity index (χ4n) is 2.68. The van der Waals surface area contributed by atoms with Gasteiger partial charge in [0.05, 0.1) is 12.5 Å². The van der Waals surface area contributed by atoms with Gasteiger partial charge in [-0.2, -0.15) is 0 Å². The lowest BCUT2D eigenvalue weighted by Crippen LogP contribution is -2.23. The van der Waals surface area contributed by atoms with Crippen molar-refractivity contribution in [1.29, 1.82) is 0 Å². The number of hydrogen-bond acceptors (Lipinski definition) is 3. The third-order valence-electron chi connectivity index (χ3n) is 3.83. The molecule has 4 heteroatoms. The van der Waals surface area contributed by atoms with E-state index >= 15 is 0 Å². The molecule has 2 aliphatic rings. The Balaban J connectivity index is 1.65. The maximum atomic E-state index is 10.8. The zero-order chi connectivity index (χ0) is 12.7. The molecule has 1 saturated carbocycles. The zero-order valence-electron chi connectivity index (χ0n) is 10.4. The largest absolute Gasteiger partial charge is 0.493 e. The topological polar surface area (TPSA) is 49.8 Å². The molecule has 1 fully saturated rings. The highest BCUT2D eigenvalue weighted by atomic mass is 16.5. The van der Waals surface area contributed by atoms with Crippen molar-refractivity contribution >= 4 is 5.97 Å². The fraction of sp³-hybridized carbons (Fsp3) is 0.500. The van der Waals surface area contributed by atoms with Crippen molar-refractivity contribution in [3.63, 3.8) is 0 Å². The van der Waals surface area contributed by atoms with Gasteiger partial charge in [0.2, 0.25) is 0 Å². The molecule has 96 valence electrons. The van der Waals surface area contributed by atoms with E-state index < -0.39 is 5.97 Å². The summed E-state index contributed by atoms with van der Waals surface area (Å²) in [6, 6.07) is 6.47. The first kappa shape index (κ1) is 11.5. The first-order chi connectivity index (χ1) is 8.65. The van der Waals surface area contributed by atoms with Gasteiger partial charge in [-0.3, -0.25) is 9.69 Å². The van der Waals surface area contributed by atoms with Crippen LogP contribution in [0.15, 0.2) is 18.2 Å². The predicted molar refractivity (Wildman–Crippen MR) is 66.6 cm³/mol. The predicted octanol–water partition coefficient (Wildman–Crippen LogP) is 1.53. The van der Waals surface area contributed by atoms with Gasteiger partial charge in [0.25, 0.3) is 0 Å². The van der Waals surface area contributed by atoms with Crippen molar-refractivity contribution in [3.05, 3.63) is 29.3 Å². The van der Waals surface area contributed by atoms with Crippen LogP contribution in [0.1, 0.15) is 17.5 Å². The number of hydrogen-bond donors (Lipinski definition) is 1. The van der Waals surface area contributed by atoms with Crippen LogP contribution >= 0.6 is 0 Å². The van der Waals surface area contributed by atoms with E-state index in [-0.39, 0.29) is 12.0 Å². The Labute approximate surface area is 106 Å². The summed E-state index contributed by atoms with van der Waals surface area (Å²) < 4.78 is 5.48. The number of benzene rings is 1. The lowest BCUT2D eigenvalue weighted by atomic mass is 10.1.